The monoisotopic (exact) mass is 364 g/mol. The summed E-state index contributed by atoms with van der Waals surface area (Å²) in [4.78, 5) is 12.4. The Morgan fingerprint density at radius 1 is 1.40 bits per heavy atom. The van der Waals surface area contributed by atoms with Crippen molar-refractivity contribution in [1.82, 2.24) is 5.32 Å². The van der Waals surface area contributed by atoms with Crippen molar-refractivity contribution in [2.24, 2.45) is 5.73 Å². The highest BCUT2D eigenvalue weighted by molar-refractivity contribution is 9.10. The van der Waals surface area contributed by atoms with E-state index in [1.54, 1.807) is 25.3 Å². The molecular weight excluding hydrogens is 344 g/mol. The zero-order valence-corrected chi connectivity index (χ0v) is 14.4. The fourth-order valence-electron chi connectivity index (χ4n) is 1.88. The Hall–Kier alpha value is -0.780. The number of nitrogens with one attached hydrogen (secondary N) is 1. The molecular formula is C14H22BrClN2O2. The van der Waals surface area contributed by atoms with Gasteiger partial charge in [0, 0.05) is 11.0 Å². The van der Waals surface area contributed by atoms with Crippen molar-refractivity contribution in [3.63, 3.8) is 0 Å². The Morgan fingerprint density at radius 2 is 2.00 bits per heavy atom. The number of carbonyl (C=O) groups is 1. The Kier molecular flexibility index (Phi) is 8.16. The second-order valence-corrected chi connectivity index (χ2v) is 5.35. The van der Waals surface area contributed by atoms with Crippen LogP contribution >= 0.6 is 28.3 Å². The summed E-state index contributed by atoms with van der Waals surface area (Å²) in [6.45, 7) is 4.47. The van der Waals surface area contributed by atoms with E-state index in [9.17, 15) is 4.79 Å². The fourth-order valence-corrected chi connectivity index (χ4v) is 2.31. The number of nitrogens with two attached hydrogens (primary N) is 1. The number of amides is 1. The van der Waals surface area contributed by atoms with E-state index in [1.807, 2.05) is 13.8 Å². The van der Waals surface area contributed by atoms with Crippen LogP contribution in [0.25, 0.3) is 0 Å². The molecule has 0 spiro atoms. The highest BCUT2D eigenvalue weighted by Crippen LogP contribution is 2.24. The molecule has 0 aliphatic rings. The maximum atomic E-state index is 12.4. The van der Waals surface area contributed by atoms with Crippen LogP contribution < -0.4 is 15.8 Å². The molecule has 0 aliphatic carbocycles. The fraction of sp³-hybridized carbons (Fsp3) is 0.500. The van der Waals surface area contributed by atoms with Gasteiger partial charge in [0.15, 0.2) is 0 Å². The smallest absolute Gasteiger partial charge is 0.253 e. The molecule has 0 saturated carbocycles. The summed E-state index contributed by atoms with van der Waals surface area (Å²) in [7, 11) is 1.58. The SMILES string of the molecule is CCC(CC)(CN)NC(=O)c1cc(OC)ccc1Br.Cl. The summed E-state index contributed by atoms with van der Waals surface area (Å²) >= 11 is 3.39. The lowest BCUT2D eigenvalue weighted by molar-refractivity contribution is 0.0894. The van der Waals surface area contributed by atoms with Gasteiger partial charge in [0.05, 0.1) is 18.2 Å². The Bertz CT molecular complexity index is 443. The molecule has 0 saturated heterocycles. The first-order chi connectivity index (χ1) is 9.01. The molecule has 20 heavy (non-hydrogen) atoms. The predicted octanol–water partition coefficient (Wildman–Crippen LogP) is 3.13. The van der Waals surface area contributed by atoms with Gasteiger partial charge in [-0.05, 0) is 47.0 Å². The van der Waals surface area contributed by atoms with Crippen molar-refractivity contribution in [3.05, 3.63) is 28.2 Å². The number of methoxy groups -OCH3 is 1. The van der Waals surface area contributed by atoms with Crippen molar-refractivity contribution in [2.45, 2.75) is 32.2 Å². The first-order valence-electron chi connectivity index (χ1n) is 6.38. The van der Waals surface area contributed by atoms with Gasteiger partial charge in [-0.1, -0.05) is 13.8 Å². The van der Waals surface area contributed by atoms with E-state index < -0.39 is 0 Å². The van der Waals surface area contributed by atoms with Gasteiger partial charge in [-0.2, -0.15) is 0 Å². The normalized spacial score (nSPS) is 10.7. The van der Waals surface area contributed by atoms with E-state index in [2.05, 4.69) is 21.2 Å². The second kappa shape index (κ2) is 8.49. The van der Waals surface area contributed by atoms with E-state index in [4.69, 9.17) is 10.5 Å². The molecule has 0 radical (unpaired) electrons. The van der Waals surface area contributed by atoms with Crippen LogP contribution in [0.3, 0.4) is 0 Å². The van der Waals surface area contributed by atoms with Crippen LogP contribution in [0.1, 0.15) is 37.0 Å². The van der Waals surface area contributed by atoms with Crippen molar-refractivity contribution >= 4 is 34.2 Å². The number of halogens is 2. The topological polar surface area (TPSA) is 64.3 Å². The van der Waals surface area contributed by atoms with Crippen LogP contribution in [0, 0.1) is 0 Å². The molecule has 0 atom stereocenters. The Morgan fingerprint density at radius 3 is 2.45 bits per heavy atom. The first-order valence-corrected chi connectivity index (χ1v) is 7.17. The van der Waals surface area contributed by atoms with Gasteiger partial charge in [-0.15, -0.1) is 12.4 Å². The van der Waals surface area contributed by atoms with Gasteiger partial charge in [-0.25, -0.2) is 0 Å². The number of hydrogen-bond donors (Lipinski definition) is 2. The van der Waals surface area contributed by atoms with E-state index in [-0.39, 0.29) is 23.9 Å². The van der Waals surface area contributed by atoms with Gasteiger partial charge in [-0.3, -0.25) is 4.79 Å². The van der Waals surface area contributed by atoms with Crippen molar-refractivity contribution < 1.29 is 9.53 Å². The molecule has 0 aromatic heterocycles. The van der Waals surface area contributed by atoms with Crippen LogP contribution in [0.2, 0.25) is 0 Å². The lowest BCUT2D eigenvalue weighted by atomic mass is 9.92. The minimum Gasteiger partial charge on any atom is -0.497 e. The molecule has 0 aliphatic heterocycles. The number of carbonyl (C=O) groups excluding carboxylic acids is 1. The number of benzene rings is 1. The van der Waals surface area contributed by atoms with Gasteiger partial charge >= 0.3 is 0 Å². The summed E-state index contributed by atoms with van der Waals surface area (Å²) in [5.74, 6) is 0.514. The van der Waals surface area contributed by atoms with Crippen molar-refractivity contribution in [3.8, 4) is 5.75 Å². The average molecular weight is 366 g/mol. The lowest BCUT2D eigenvalue weighted by Crippen LogP contribution is -2.52. The highest BCUT2D eigenvalue weighted by Gasteiger charge is 2.27. The Balaban J connectivity index is 0.00000361. The third-order valence-electron chi connectivity index (χ3n) is 3.54. The molecule has 3 N–H and O–H groups in total. The lowest BCUT2D eigenvalue weighted by Gasteiger charge is -2.31. The van der Waals surface area contributed by atoms with Crippen LogP contribution in [0.4, 0.5) is 0 Å². The summed E-state index contributed by atoms with van der Waals surface area (Å²) in [6.07, 6.45) is 1.60. The first kappa shape index (κ1) is 19.2. The van der Waals surface area contributed by atoms with Crippen molar-refractivity contribution in [2.75, 3.05) is 13.7 Å². The highest BCUT2D eigenvalue weighted by atomic mass is 79.9. The molecule has 0 bridgehead atoms. The van der Waals surface area contributed by atoms with E-state index in [1.165, 1.54) is 0 Å². The standard InChI is InChI=1S/C14H21BrN2O2.ClH/c1-4-14(5-2,9-16)17-13(18)11-8-10(19-3)6-7-12(11)15;/h6-8H,4-5,9,16H2,1-3H3,(H,17,18);1H. The molecule has 0 heterocycles. The van der Waals surface area contributed by atoms with Gasteiger partial charge < -0.3 is 15.8 Å². The quantitative estimate of drug-likeness (QED) is 0.814. The molecule has 0 unspecified atom stereocenters. The zero-order chi connectivity index (χ0) is 14.5. The molecule has 4 nitrogen and oxygen atoms in total. The number of rotatable bonds is 6. The van der Waals surface area contributed by atoms with Crippen LogP contribution in [0.5, 0.6) is 5.75 Å². The van der Waals surface area contributed by atoms with Crippen molar-refractivity contribution in [1.29, 1.82) is 0 Å². The Labute approximate surface area is 135 Å². The van der Waals surface area contributed by atoms with Gasteiger partial charge in [0.1, 0.15) is 5.75 Å². The summed E-state index contributed by atoms with van der Waals surface area (Å²) in [6, 6.07) is 5.32. The largest absolute Gasteiger partial charge is 0.497 e. The minimum absolute atomic E-state index is 0. The third kappa shape index (κ3) is 4.36. The average Bonchev–Trinajstić information content (AvgIpc) is 2.45. The minimum atomic E-state index is -0.348. The molecule has 1 aromatic rings. The summed E-state index contributed by atoms with van der Waals surface area (Å²) in [5, 5.41) is 3.04. The maximum absolute atomic E-state index is 12.4. The summed E-state index contributed by atoms with van der Waals surface area (Å²) in [5.41, 5.74) is 6.01. The predicted molar refractivity (Wildman–Crippen MR) is 87.8 cm³/mol. The molecule has 1 amide bonds. The molecule has 114 valence electrons. The number of hydrogen-bond acceptors (Lipinski definition) is 3. The second-order valence-electron chi connectivity index (χ2n) is 4.49. The molecule has 6 heteroatoms. The molecule has 0 fully saturated rings. The van der Waals surface area contributed by atoms with Crippen LogP contribution in [-0.4, -0.2) is 25.1 Å². The van der Waals surface area contributed by atoms with Crippen LogP contribution in [0.15, 0.2) is 22.7 Å². The maximum Gasteiger partial charge on any atom is 0.253 e. The van der Waals surface area contributed by atoms with Gasteiger partial charge in [0.25, 0.3) is 5.91 Å². The van der Waals surface area contributed by atoms with Gasteiger partial charge in [0.2, 0.25) is 0 Å². The summed E-state index contributed by atoms with van der Waals surface area (Å²) < 4.78 is 5.88. The zero-order valence-electron chi connectivity index (χ0n) is 12.0. The van der Waals surface area contributed by atoms with E-state index in [0.717, 1.165) is 17.3 Å². The molecule has 1 rings (SSSR count). The van der Waals surface area contributed by atoms with E-state index in [0.29, 0.717) is 17.9 Å². The number of ether oxygens (including phenoxy) is 1. The molecule has 1 aromatic carbocycles. The third-order valence-corrected chi connectivity index (χ3v) is 4.23. The van der Waals surface area contributed by atoms with Crippen LogP contribution in [-0.2, 0) is 0 Å². The van der Waals surface area contributed by atoms with E-state index >= 15 is 0 Å².